The minimum absolute atomic E-state index is 0.499. The molecule has 0 fully saturated rings. The maximum Gasteiger partial charge on any atom is 0.191 e. The summed E-state index contributed by atoms with van der Waals surface area (Å²) in [5.41, 5.74) is 2.30. The standard InChI is InChI=1S/C16H27N5/c1-4-17-16(19-15-8-5-6-9-15)18-10-7-11-21-14(3)12-13(2)20-21/h5-6,12,15H,4,7-11H2,1-3H3,(H2,17,18,19). The van der Waals surface area contributed by atoms with Crippen molar-refractivity contribution < 1.29 is 0 Å². The molecule has 5 nitrogen and oxygen atoms in total. The highest BCUT2D eigenvalue weighted by Crippen LogP contribution is 2.08. The SMILES string of the molecule is CCNC(=NCCCn1nc(C)cc1C)NC1CC=CC1. The molecule has 0 bridgehead atoms. The molecule has 5 heteroatoms. The van der Waals surface area contributed by atoms with E-state index in [-0.39, 0.29) is 0 Å². The van der Waals surface area contributed by atoms with Gasteiger partial charge >= 0.3 is 0 Å². The third-order valence-electron chi connectivity index (χ3n) is 3.59. The van der Waals surface area contributed by atoms with Crippen molar-refractivity contribution in [2.75, 3.05) is 13.1 Å². The van der Waals surface area contributed by atoms with Gasteiger partial charge in [-0.3, -0.25) is 9.67 Å². The van der Waals surface area contributed by atoms with Gasteiger partial charge in [0.05, 0.1) is 5.69 Å². The number of guanidine groups is 1. The molecule has 2 N–H and O–H groups in total. The molecule has 116 valence electrons. The van der Waals surface area contributed by atoms with E-state index in [1.54, 1.807) is 0 Å². The summed E-state index contributed by atoms with van der Waals surface area (Å²) < 4.78 is 2.06. The first-order valence-corrected chi connectivity index (χ1v) is 7.90. The van der Waals surface area contributed by atoms with E-state index in [0.29, 0.717) is 6.04 Å². The van der Waals surface area contributed by atoms with E-state index in [1.807, 2.05) is 6.92 Å². The monoisotopic (exact) mass is 289 g/mol. The van der Waals surface area contributed by atoms with Gasteiger partial charge in [-0.1, -0.05) is 12.2 Å². The molecular weight excluding hydrogens is 262 g/mol. The van der Waals surface area contributed by atoms with Crippen molar-refractivity contribution in [2.45, 2.75) is 52.6 Å². The van der Waals surface area contributed by atoms with Gasteiger partial charge in [-0.25, -0.2) is 0 Å². The highest BCUT2D eigenvalue weighted by Gasteiger charge is 2.11. The number of hydrogen-bond acceptors (Lipinski definition) is 2. The van der Waals surface area contributed by atoms with E-state index >= 15 is 0 Å². The molecule has 1 aliphatic carbocycles. The van der Waals surface area contributed by atoms with E-state index < -0.39 is 0 Å². The molecule has 0 saturated carbocycles. The Hall–Kier alpha value is -1.78. The van der Waals surface area contributed by atoms with E-state index in [4.69, 9.17) is 0 Å². The minimum Gasteiger partial charge on any atom is -0.357 e. The molecule has 1 aromatic rings. The highest BCUT2D eigenvalue weighted by molar-refractivity contribution is 5.80. The topological polar surface area (TPSA) is 54.2 Å². The molecule has 1 aromatic heterocycles. The van der Waals surface area contributed by atoms with Crippen LogP contribution in [0.25, 0.3) is 0 Å². The van der Waals surface area contributed by atoms with Crippen molar-refractivity contribution in [3.8, 4) is 0 Å². The van der Waals surface area contributed by atoms with Crippen LogP contribution < -0.4 is 10.6 Å². The van der Waals surface area contributed by atoms with Gasteiger partial charge in [0.1, 0.15) is 0 Å². The Labute approximate surface area is 127 Å². The fourth-order valence-electron chi connectivity index (χ4n) is 2.56. The lowest BCUT2D eigenvalue weighted by Crippen LogP contribution is -2.42. The second-order valence-corrected chi connectivity index (χ2v) is 5.55. The smallest absolute Gasteiger partial charge is 0.191 e. The predicted octanol–water partition coefficient (Wildman–Crippen LogP) is 2.16. The lowest BCUT2D eigenvalue weighted by Gasteiger charge is -2.16. The molecule has 1 aliphatic rings. The molecule has 0 radical (unpaired) electrons. The van der Waals surface area contributed by atoms with Gasteiger partial charge in [0, 0.05) is 31.4 Å². The van der Waals surface area contributed by atoms with Crippen LogP contribution in [0.1, 0.15) is 37.6 Å². The van der Waals surface area contributed by atoms with Gasteiger partial charge in [0.2, 0.25) is 0 Å². The number of nitrogens with one attached hydrogen (secondary N) is 2. The Kier molecular flexibility index (Phi) is 5.84. The summed E-state index contributed by atoms with van der Waals surface area (Å²) in [5.74, 6) is 0.930. The van der Waals surface area contributed by atoms with Gasteiger partial charge in [0.15, 0.2) is 5.96 Å². The van der Waals surface area contributed by atoms with Crippen molar-refractivity contribution in [3.05, 3.63) is 29.6 Å². The Morgan fingerprint density at radius 1 is 1.38 bits per heavy atom. The molecule has 0 atom stereocenters. The van der Waals surface area contributed by atoms with Gasteiger partial charge in [-0.15, -0.1) is 0 Å². The molecule has 2 rings (SSSR count). The number of aryl methyl sites for hydroxylation is 3. The van der Waals surface area contributed by atoms with Crippen molar-refractivity contribution >= 4 is 5.96 Å². The second kappa shape index (κ2) is 7.86. The second-order valence-electron chi connectivity index (χ2n) is 5.55. The van der Waals surface area contributed by atoms with E-state index in [1.165, 1.54) is 5.69 Å². The number of aromatic nitrogens is 2. The van der Waals surface area contributed by atoms with Crippen LogP contribution in [-0.4, -0.2) is 34.9 Å². The summed E-state index contributed by atoms with van der Waals surface area (Å²) in [6.45, 7) is 8.86. The van der Waals surface area contributed by atoms with Crippen molar-refractivity contribution in [3.63, 3.8) is 0 Å². The third-order valence-corrected chi connectivity index (χ3v) is 3.59. The largest absolute Gasteiger partial charge is 0.357 e. The summed E-state index contributed by atoms with van der Waals surface area (Å²) in [6.07, 6.45) is 7.64. The van der Waals surface area contributed by atoms with Gasteiger partial charge in [0.25, 0.3) is 0 Å². The van der Waals surface area contributed by atoms with Crippen LogP contribution in [0.5, 0.6) is 0 Å². The lowest BCUT2D eigenvalue weighted by molar-refractivity contribution is 0.565. The summed E-state index contributed by atoms with van der Waals surface area (Å²) >= 11 is 0. The van der Waals surface area contributed by atoms with Crippen molar-refractivity contribution in [1.29, 1.82) is 0 Å². The predicted molar refractivity (Wildman–Crippen MR) is 87.6 cm³/mol. The first-order chi connectivity index (χ1) is 10.2. The van der Waals surface area contributed by atoms with Crippen LogP contribution in [0, 0.1) is 13.8 Å². The molecule has 0 aromatic carbocycles. The van der Waals surface area contributed by atoms with Crippen LogP contribution in [-0.2, 0) is 6.54 Å². The quantitative estimate of drug-likeness (QED) is 0.365. The zero-order chi connectivity index (χ0) is 15.1. The van der Waals surface area contributed by atoms with Gasteiger partial charge < -0.3 is 10.6 Å². The molecule has 0 spiro atoms. The zero-order valence-electron chi connectivity index (χ0n) is 13.4. The number of aliphatic imine (C=N–C) groups is 1. The van der Waals surface area contributed by atoms with Crippen molar-refractivity contribution in [1.82, 2.24) is 20.4 Å². The summed E-state index contributed by atoms with van der Waals surface area (Å²) in [7, 11) is 0. The molecular formula is C16H27N5. The van der Waals surface area contributed by atoms with Crippen molar-refractivity contribution in [2.24, 2.45) is 4.99 Å². The molecule has 0 amide bonds. The molecule has 1 heterocycles. The fraction of sp³-hybridized carbons (Fsp3) is 0.625. The summed E-state index contributed by atoms with van der Waals surface area (Å²) in [4.78, 5) is 4.65. The van der Waals surface area contributed by atoms with E-state index in [9.17, 15) is 0 Å². The number of nitrogens with zero attached hydrogens (tertiary/aromatic N) is 3. The van der Waals surface area contributed by atoms with Gasteiger partial charge in [-0.2, -0.15) is 5.10 Å². The Balaban J connectivity index is 1.77. The van der Waals surface area contributed by atoms with E-state index in [2.05, 4.69) is 57.5 Å². The van der Waals surface area contributed by atoms with Crippen LogP contribution in [0.15, 0.2) is 23.2 Å². The van der Waals surface area contributed by atoms with Crippen LogP contribution >= 0.6 is 0 Å². The average molecular weight is 289 g/mol. The van der Waals surface area contributed by atoms with Crippen LogP contribution in [0.4, 0.5) is 0 Å². The third kappa shape index (κ3) is 4.92. The van der Waals surface area contributed by atoms with E-state index in [0.717, 1.165) is 50.6 Å². The van der Waals surface area contributed by atoms with Crippen LogP contribution in [0.2, 0.25) is 0 Å². The minimum atomic E-state index is 0.499. The van der Waals surface area contributed by atoms with Gasteiger partial charge in [-0.05, 0) is 46.1 Å². The summed E-state index contributed by atoms with van der Waals surface area (Å²) in [5, 5.41) is 11.3. The maximum absolute atomic E-state index is 4.65. The Bertz CT molecular complexity index is 493. The Morgan fingerprint density at radius 3 is 2.76 bits per heavy atom. The fourth-order valence-corrected chi connectivity index (χ4v) is 2.56. The Morgan fingerprint density at radius 2 is 2.14 bits per heavy atom. The molecule has 21 heavy (non-hydrogen) atoms. The molecule has 0 unspecified atom stereocenters. The molecule has 0 aliphatic heterocycles. The number of rotatable bonds is 6. The highest BCUT2D eigenvalue weighted by atomic mass is 15.3. The first kappa shape index (κ1) is 15.6. The lowest BCUT2D eigenvalue weighted by atomic mass is 10.2. The normalized spacial score (nSPS) is 15.7. The zero-order valence-corrected chi connectivity index (χ0v) is 13.4. The van der Waals surface area contributed by atoms with Crippen LogP contribution in [0.3, 0.4) is 0 Å². The maximum atomic E-state index is 4.65. The first-order valence-electron chi connectivity index (χ1n) is 7.90. The molecule has 0 saturated heterocycles. The summed E-state index contributed by atoms with van der Waals surface area (Å²) in [6, 6.07) is 2.61. The number of hydrogen-bond donors (Lipinski definition) is 2. The average Bonchev–Trinajstić information content (AvgIpc) is 3.05.